The summed E-state index contributed by atoms with van der Waals surface area (Å²) in [5.41, 5.74) is 6.98. The molecular weight excluding hydrogens is 680 g/mol. The van der Waals surface area contributed by atoms with Gasteiger partial charge in [-0.3, -0.25) is 33.6 Å². The van der Waals surface area contributed by atoms with E-state index in [0.29, 0.717) is 11.1 Å². The van der Waals surface area contributed by atoms with E-state index >= 15 is 0 Å². The van der Waals surface area contributed by atoms with Crippen molar-refractivity contribution in [1.82, 2.24) is 26.6 Å². The van der Waals surface area contributed by atoms with E-state index in [1.54, 1.807) is 27.7 Å². The fraction of sp³-hybridized carbons (Fsp3) is 0.457. The zero-order valence-corrected chi connectivity index (χ0v) is 29.6. The van der Waals surface area contributed by atoms with Crippen LogP contribution in [0.15, 0.2) is 48.5 Å². The molecule has 2 aromatic carbocycles. The van der Waals surface area contributed by atoms with Crippen LogP contribution in [0.2, 0.25) is 0 Å². The van der Waals surface area contributed by atoms with Gasteiger partial charge in [-0.15, -0.1) is 0 Å². The molecule has 0 aliphatic heterocycles. The summed E-state index contributed by atoms with van der Waals surface area (Å²) >= 11 is 0. The highest BCUT2D eigenvalue weighted by Gasteiger charge is 2.35. The number of rotatable bonds is 19. The second-order valence-corrected chi connectivity index (χ2v) is 13.1. The summed E-state index contributed by atoms with van der Waals surface area (Å²) in [7, 11) is 0. The molecule has 0 saturated heterocycles. The normalized spacial score (nSPS) is 14.5. The molecule has 284 valence electrons. The van der Waals surface area contributed by atoms with Crippen molar-refractivity contribution >= 4 is 41.5 Å². The number of carboxylic acid groups (broad SMARTS) is 2. The van der Waals surface area contributed by atoms with E-state index in [1.807, 2.05) is 0 Å². The maximum atomic E-state index is 13.6. The van der Waals surface area contributed by atoms with Gasteiger partial charge in [0.15, 0.2) is 0 Å². The number of phenolic OH excluding ortho intramolecular Hbond substituents is 2. The van der Waals surface area contributed by atoms with Crippen LogP contribution in [-0.2, 0) is 46.4 Å². The van der Waals surface area contributed by atoms with Crippen molar-refractivity contribution in [1.29, 1.82) is 0 Å². The average molecular weight is 729 g/mol. The molecule has 5 amide bonds. The molecule has 0 saturated carbocycles. The SMILES string of the molecule is CC(C)[C@H](N)C(=O)N[C@@H](Cc1ccc(O)cc1)C(=O)N[C@@H](CC(=O)O)C(=O)N[C@H](C(=O)N[C@@H](Cc1ccc(O)cc1)C(=O)N[C@H](C)C(=O)O)C(C)C. The van der Waals surface area contributed by atoms with E-state index in [9.17, 15) is 54.0 Å². The summed E-state index contributed by atoms with van der Waals surface area (Å²) < 4.78 is 0. The average Bonchev–Trinajstić information content (AvgIpc) is 3.06. The number of carbonyl (C=O) groups excluding carboxylic acids is 5. The van der Waals surface area contributed by atoms with Crippen molar-refractivity contribution in [3.05, 3.63) is 59.7 Å². The van der Waals surface area contributed by atoms with Crippen LogP contribution in [0.5, 0.6) is 11.5 Å². The zero-order chi connectivity index (χ0) is 39.3. The molecule has 0 aliphatic carbocycles. The van der Waals surface area contributed by atoms with E-state index in [1.165, 1.54) is 55.5 Å². The van der Waals surface area contributed by atoms with Crippen LogP contribution >= 0.6 is 0 Å². The third-order valence-electron chi connectivity index (χ3n) is 8.03. The Balaban J connectivity index is 2.33. The van der Waals surface area contributed by atoms with Gasteiger partial charge in [-0.1, -0.05) is 52.0 Å². The third-order valence-corrected chi connectivity index (χ3v) is 8.03. The summed E-state index contributed by atoms with van der Waals surface area (Å²) in [6.45, 7) is 7.77. The Morgan fingerprint density at radius 2 is 0.962 bits per heavy atom. The summed E-state index contributed by atoms with van der Waals surface area (Å²) in [6, 6.07) is 3.40. The summed E-state index contributed by atoms with van der Waals surface area (Å²) in [5, 5.41) is 50.3. The number of hydrogen-bond donors (Lipinski definition) is 10. The van der Waals surface area contributed by atoms with Gasteiger partial charge < -0.3 is 52.7 Å². The summed E-state index contributed by atoms with van der Waals surface area (Å²) in [4.78, 5) is 89.9. The molecule has 11 N–H and O–H groups in total. The monoisotopic (exact) mass is 728 g/mol. The Morgan fingerprint density at radius 1 is 0.558 bits per heavy atom. The number of amides is 5. The Morgan fingerprint density at radius 3 is 1.37 bits per heavy atom. The van der Waals surface area contributed by atoms with Crippen LogP contribution in [0, 0.1) is 11.8 Å². The molecule has 0 unspecified atom stereocenters. The quantitative estimate of drug-likeness (QED) is 0.0879. The standard InChI is InChI=1S/C35H48N6O11/c1-17(2)28(36)33(49)39-25(15-21-8-12-23(43)13-9-21)31(47)38-26(16-27(44)45)32(48)41-29(18(3)4)34(50)40-24(30(46)37-19(5)35(51)52)14-20-6-10-22(42)11-7-20/h6-13,17-19,24-26,28-29,42-43H,14-16,36H2,1-5H3,(H,37,46)(H,38,47)(H,39,49)(H,40,50)(H,41,48)(H,44,45)(H,51,52)/t19-,24+,25+,26+,28+,29+/m1/s1. The van der Waals surface area contributed by atoms with E-state index in [-0.39, 0.29) is 30.3 Å². The Hall–Kier alpha value is -5.71. The first-order valence-electron chi connectivity index (χ1n) is 16.6. The summed E-state index contributed by atoms with van der Waals surface area (Å²) in [5.74, 6) is -8.20. The lowest BCUT2D eigenvalue weighted by atomic mass is 9.99. The molecule has 52 heavy (non-hydrogen) atoms. The number of aromatic hydroxyl groups is 2. The molecule has 0 heterocycles. The maximum absolute atomic E-state index is 13.6. The first-order valence-corrected chi connectivity index (χ1v) is 16.6. The Kier molecular flexibility index (Phi) is 16.0. The molecular formula is C35H48N6O11. The second kappa shape index (κ2) is 19.6. The lowest BCUT2D eigenvalue weighted by molar-refractivity contribution is -0.142. The number of phenols is 2. The lowest BCUT2D eigenvalue weighted by Gasteiger charge is -2.28. The third kappa shape index (κ3) is 13.5. The number of nitrogens with two attached hydrogens (primary N) is 1. The van der Waals surface area contributed by atoms with Crippen LogP contribution in [0.1, 0.15) is 52.2 Å². The van der Waals surface area contributed by atoms with Gasteiger partial charge in [-0.2, -0.15) is 0 Å². The Bertz CT molecular complexity index is 1580. The predicted molar refractivity (Wildman–Crippen MR) is 186 cm³/mol. The highest BCUT2D eigenvalue weighted by atomic mass is 16.4. The van der Waals surface area contributed by atoms with Gasteiger partial charge in [-0.25, -0.2) is 0 Å². The minimum Gasteiger partial charge on any atom is -0.508 e. The largest absolute Gasteiger partial charge is 0.508 e. The van der Waals surface area contributed by atoms with Gasteiger partial charge >= 0.3 is 11.9 Å². The fourth-order valence-corrected chi connectivity index (χ4v) is 4.81. The minimum atomic E-state index is -1.73. The number of benzene rings is 2. The van der Waals surface area contributed by atoms with Crippen LogP contribution in [0.3, 0.4) is 0 Å². The van der Waals surface area contributed by atoms with Gasteiger partial charge in [0.2, 0.25) is 29.5 Å². The van der Waals surface area contributed by atoms with E-state index in [4.69, 9.17) is 5.73 Å². The number of carboxylic acids is 2. The van der Waals surface area contributed by atoms with E-state index in [0.717, 1.165) is 0 Å². The van der Waals surface area contributed by atoms with Gasteiger partial charge in [-0.05, 0) is 54.2 Å². The van der Waals surface area contributed by atoms with Crippen molar-refractivity contribution in [3.8, 4) is 11.5 Å². The van der Waals surface area contributed by atoms with Crippen molar-refractivity contribution < 1.29 is 54.0 Å². The number of hydrogen-bond acceptors (Lipinski definition) is 10. The van der Waals surface area contributed by atoms with Crippen LogP contribution in [0.25, 0.3) is 0 Å². The molecule has 2 aromatic rings. The van der Waals surface area contributed by atoms with Crippen LogP contribution in [-0.4, -0.2) is 98.2 Å². The molecule has 0 bridgehead atoms. The smallest absolute Gasteiger partial charge is 0.325 e. The zero-order valence-electron chi connectivity index (χ0n) is 29.6. The van der Waals surface area contributed by atoms with Crippen molar-refractivity contribution in [2.24, 2.45) is 17.6 Å². The topological polar surface area (TPSA) is 287 Å². The lowest BCUT2D eigenvalue weighted by Crippen LogP contribution is -2.61. The number of nitrogens with one attached hydrogen (secondary N) is 5. The molecule has 6 atom stereocenters. The number of aliphatic carboxylic acids is 2. The molecule has 0 aromatic heterocycles. The van der Waals surface area contributed by atoms with Gasteiger partial charge in [0.25, 0.3) is 0 Å². The van der Waals surface area contributed by atoms with Crippen molar-refractivity contribution in [2.45, 2.75) is 90.1 Å². The van der Waals surface area contributed by atoms with Gasteiger partial charge in [0.1, 0.15) is 41.7 Å². The second-order valence-electron chi connectivity index (χ2n) is 13.1. The molecule has 17 heteroatoms. The van der Waals surface area contributed by atoms with Crippen LogP contribution in [0.4, 0.5) is 0 Å². The maximum Gasteiger partial charge on any atom is 0.325 e. The summed E-state index contributed by atoms with van der Waals surface area (Å²) in [6.07, 6.45) is -1.16. The fourth-order valence-electron chi connectivity index (χ4n) is 4.81. The molecule has 17 nitrogen and oxygen atoms in total. The van der Waals surface area contributed by atoms with E-state index in [2.05, 4.69) is 26.6 Å². The highest BCUT2D eigenvalue weighted by molar-refractivity contribution is 5.97. The Labute approximate surface area is 300 Å². The molecule has 0 aliphatic rings. The number of carbonyl (C=O) groups is 7. The minimum absolute atomic E-state index is 0.0420. The predicted octanol–water partition coefficient (Wildman–Crippen LogP) is -0.474. The van der Waals surface area contributed by atoms with Crippen molar-refractivity contribution in [2.75, 3.05) is 0 Å². The first-order chi connectivity index (χ1) is 24.3. The molecule has 2 rings (SSSR count). The van der Waals surface area contributed by atoms with Gasteiger partial charge in [0, 0.05) is 12.8 Å². The highest BCUT2D eigenvalue weighted by Crippen LogP contribution is 2.14. The van der Waals surface area contributed by atoms with E-state index < -0.39 is 90.1 Å². The van der Waals surface area contributed by atoms with Gasteiger partial charge in [0.05, 0.1) is 12.5 Å². The first kappa shape index (κ1) is 42.5. The van der Waals surface area contributed by atoms with Crippen molar-refractivity contribution in [3.63, 3.8) is 0 Å². The molecule has 0 fully saturated rings. The van der Waals surface area contributed by atoms with Crippen LogP contribution < -0.4 is 32.3 Å². The molecule has 0 spiro atoms. The molecule has 0 radical (unpaired) electrons.